The Labute approximate surface area is 115 Å². The van der Waals surface area contributed by atoms with E-state index in [4.69, 9.17) is 0 Å². The molecule has 2 heteroatoms. The van der Waals surface area contributed by atoms with Crippen molar-refractivity contribution >= 4 is 21.7 Å². The van der Waals surface area contributed by atoms with Gasteiger partial charge in [0.05, 0.1) is 0 Å². The van der Waals surface area contributed by atoms with Crippen molar-refractivity contribution in [3.05, 3.63) is 70.2 Å². The molecule has 0 amide bonds. The van der Waals surface area contributed by atoms with Gasteiger partial charge in [-0.15, -0.1) is 0 Å². The van der Waals surface area contributed by atoms with E-state index in [-0.39, 0.29) is 5.78 Å². The first-order chi connectivity index (χ1) is 8.74. The van der Waals surface area contributed by atoms with Gasteiger partial charge in [0, 0.05) is 16.5 Å². The predicted octanol–water partition coefficient (Wildman–Crippen LogP) is 3.61. The molecule has 2 aromatic carbocycles. The normalized spacial score (nSPS) is 9.39. The van der Waals surface area contributed by atoms with E-state index in [1.807, 2.05) is 54.6 Å². The van der Waals surface area contributed by atoms with E-state index in [9.17, 15) is 4.79 Å². The van der Waals surface area contributed by atoms with Gasteiger partial charge in [-0.05, 0) is 35.7 Å². The van der Waals surface area contributed by atoms with Gasteiger partial charge in [-0.2, -0.15) is 0 Å². The fourth-order valence-electron chi connectivity index (χ4n) is 1.50. The molecule has 0 unspecified atom stereocenters. The van der Waals surface area contributed by atoms with Crippen LogP contribution in [0.4, 0.5) is 0 Å². The van der Waals surface area contributed by atoms with Crippen molar-refractivity contribution < 1.29 is 4.79 Å². The lowest BCUT2D eigenvalue weighted by molar-refractivity contribution is -0.113. The second-order valence-corrected chi connectivity index (χ2v) is 4.76. The van der Waals surface area contributed by atoms with Crippen molar-refractivity contribution in [2.45, 2.75) is 6.42 Å². The average molecular weight is 299 g/mol. The van der Waals surface area contributed by atoms with E-state index in [1.165, 1.54) is 0 Å². The lowest BCUT2D eigenvalue weighted by atomic mass is 10.1. The first-order valence-electron chi connectivity index (χ1n) is 5.58. The quantitative estimate of drug-likeness (QED) is 0.774. The van der Waals surface area contributed by atoms with Crippen molar-refractivity contribution in [1.29, 1.82) is 0 Å². The minimum absolute atomic E-state index is 0.0684. The summed E-state index contributed by atoms with van der Waals surface area (Å²) in [5, 5.41) is 0. The highest BCUT2D eigenvalue weighted by Gasteiger charge is 1.99. The topological polar surface area (TPSA) is 17.1 Å². The Balaban J connectivity index is 2.01. The molecule has 0 aliphatic heterocycles. The highest BCUT2D eigenvalue weighted by Crippen LogP contribution is 2.10. The van der Waals surface area contributed by atoms with Gasteiger partial charge >= 0.3 is 0 Å². The number of hydrogen-bond donors (Lipinski definition) is 0. The van der Waals surface area contributed by atoms with Crippen LogP contribution in [-0.4, -0.2) is 5.78 Å². The second kappa shape index (κ2) is 6.18. The fourth-order valence-corrected chi connectivity index (χ4v) is 1.76. The zero-order chi connectivity index (χ0) is 12.8. The number of Topliss-reactive ketones (excluding diaryl/α,β-unsaturated/α-hetero) is 1. The maximum atomic E-state index is 11.7. The molecule has 0 N–H and O–H groups in total. The summed E-state index contributed by atoms with van der Waals surface area (Å²) in [5.41, 5.74) is 1.84. The molecule has 0 aromatic heterocycles. The summed E-state index contributed by atoms with van der Waals surface area (Å²) >= 11 is 3.36. The molecule has 0 aliphatic rings. The molecular weight excluding hydrogens is 288 g/mol. The number of carbonyl (C=O) groups excluding carboxylic acids is 1. The van der Waals surface area contributed by atoms with E-state index in [2.05, 4.69) is 27.8 Å². The first kappa shape index (κ1) is 12.6. The van der Waals surface area contributed by atoms with Gasteiger partial charge in [-0.1, -0.05) is 52.2 Å². The summed E-state index contributed by atoms with van der Waals surface area (Å²) in [6, 6.07) is 17.2. The second-order valence-electron chi connectivity index (χ2n) is 3.84. The van der Waals surface area contributed by atoms with E-state index < -0.39 is 0 Å². The maximum absolute atomic E-state index is 11.7. The van der Waals surface area contributed by atoms with Gasteiger partial charge in [-0.3, -0.25) is 4.79 Å². The zero-order valence-corrected chi connectivity index (χ0v) is 11.3. The van der Waals surface area contributed by atoms with Crippen LogP contribution < -0.4 is 0 Å². The van der Waals surface area contributed by atoms with Gasteiger partial charge < -0.3 is 0 Å². The summed E-state index contributed by atoms with van der Waals surface area (Å²) in [6.07, 6.45) is 0.354. The maximum Gasteiger partial charge on any atom is 0.210 e. The molecule has 0 heterocycles. The molecule has 0 fully saturated rings. The molecule has 0 saturated carbocycles. The standard InChI is InChI=1S/C16H11BrO/c17-15-9-6-14(7-10-15)12-16(18)11-8-13-4-2-1-3-5-13/h1-7,9-10H,12H2. The molecule has 88 valence electrons. The summed E-state index contributed by atoms with van der Waals surface area (Å²) < 4.78 is 1.01. The van der Waals surface area contributed by atoms with E-state index in [0.717, 1.165) is 15.6 Å². The predicted molar refractivity (Wildman–Crippen MR) is 76.2 cm³/mol. The molecule has 0 saturated heterocycles. The number of rotatable bonds is 2. The molecule has 0 aliphatic carbocycles. The summed E-state index contributed by atoms with van der Waals surface area (Å²) in [7, 11) is 0. The molecular formula is C16H11BrO. The van der Waals surface area contributed by atoms with Gasteiger partial charge in [0.25, 0.3) is 0 Å². The summed E-state index contributed by atoms with van der Waals surface area (Å²) in [5.74, 6) is 5.46. The van der Waals surface area contributed by atoms with Gasteiger partial charge in [0.15, 0.2) is 0 Å². The highest BCUT2D eigenvalue weighted by atomic mass is 79.9. The molecule has 0 atom stereocenters. The molecule has 1 nitrogen and oxygen atoms in total. The summed E-state index contributed by atoms with van der Waals surface area (Å²) in [4.78, 5) is 11.7. The van der Waals surface area contributed by atoms with E-state index in [0.29, 0.717) is 6.42 Å². The monoisotopic (exact) mass is 298 g/mol. The smallest absolute Gasteiger partial charge is 0.210 e. The van der Waals surface area contributed by atoms with Crippen LogP contribution in [0.25, 0.3) is 0 Å². The number of benzene rings is 2. The first-order valence-corrected chi connectivity index (χ1v) is 6.38. The number of carbonyl (C=O) groups is 1. The largest absolute Gasteiger partial charge is 0.285 e. The molecule has 0 spiro atoms. The van der Waals surface area contributed by atoms with Gasteiger partial charge in [0.1, 0.15) is 0 Å². The fraction of sp³-hybridized carbons (Fsp3) is 0.0625. The SMILES string of the molecule is O=C(C#Cc1ccccc1)Cc1ccc(Br)cc1. The molecule has 18 heavy (non-hydrogen) atoms. The Morgan fingerprint density at radius 2 is 1.67 bits per heavy atom. The van der Waals surface area contributed by atoms with E-state index in [1.54, 1.807) is 0 Å². The highest BCUT2D eigenvalue weighted by molar-refractivity contribution is 9.10. The van der Waals surface area contributed by atoms with Crippen LogP contribution in [0.5, 0.6) is 0 Å². The van der Waals surface area contributed by atoms with Crippen molar-refractivity contribution in [2.75, 3.05) is 0 Å². The van der Waals surface area contributed by atoms with Crippen molar-refractivity contribution in [3.8, 4) is 11.8 Å². The van der Waals surface area contributed by atoms with E-state index >= 15 is 0 Å². The van der Waals surface area contributed by atoms with Crippen LogP contribution >= 0.6 is 15.9 Å². The Kier molecular flexibility index (Phi) is 4.33. The Hall–Kier alpha value is -1.85. The van der Waals surface area contributed by atoms with Crippen LogP contribution in [0.15, 0.2) is 59.1 Å². The Morgan fingerprint density at radius 3 is 2.33 bits per heavy atom. The third kappa shape index (κ3) is 3.87. The average Bonchev–Trinajstić information content (AvgIpc) is 2.40. The van der Waals surface area contributed by atoms with Crippen molar-refractivity contribution in [1.82, 2.24) is 0 Å². The molecule has 2 aromatic rings. The zero-order valence-electron chi connectivity index (χ0n) is 9.69. The van der Waals surface area contributed by atoms with Crippen molar-refractivity contribution in [2.24, 2.45) is 0 Å². The summed E-state index contributed by atoms with van der Waals surface area (Å²) in [6.45, 7) is 0. The lowest BCUT2D eigenvalue weighted by Gasteiger charge is -1.96. The van der Waals surface area contributed by atoms with Gasteiger partial charge in [0.2, 0.25) is 5.78 Å². The van der Waals surface area contributed by atoms with Gasteiger partial charge in [-0.25, -0.2) is 0 Å². The number of halogens is 1. The van der Waals surface area contributed by atoms with Crippen LogP contribution in [0, 0.1) is 11.8 Å². The lowest BCUT2D eigenvalue weighted by Crippen LogP contribution is -1.98. The number of ketones is 1. The Morgan fingerprint density at radius 1 is 1.00 bits per heavy atom. The minimum atomic E-state index is -0.0684. The number of hydrogen-bond acceptors (Lipinski definition) is 1. The molecule has 2 rings (SSSR count). The van der Waals surface area contributed by atoms with Crippen molar-refractivity contribution in [3.63, 3.8) is 0 Å². The van der Waals surface area contributed by atoms with Crippen LogP contribution in [0.3, 0.4) is 0 Å². The minimum Gasteiger partial charge on any atom is -0.285 e. The van der Waals surface area contributed by atoms with Crippen LogP contribution in [-0.2, 0) is 11.2 Å². The Bertz CT molecular complexity index is 588. The van der Waals surface area contributed by atoms with Crippen LogP contribution in [0.1, 0.15) is 11.1 Å². The van der Waals surface area contributed by atoms with Crippen LogP contribution in [0.2, 0.25) is 0 Å². The molecule has 0 bridgehead atoms. The molecule has 0 radical (unpaired) electrons. The third-order valence-electron chi connectivity index (χ3n) is 2.40. The third-order valence-corrected chi connectivity index (χ3v) is 2.93.